The molecule has 0 saturated heterocycles. The average Bonchev–Trinajstić information content (AvgIpc) is 2.86. The van der Waals surface area contributed by atoms with Crippen LogP contribution in [0.25, 0.3) is 0 Å². The largest absolute Gasteiger partial charge is 1.00 e. The minimum atomic E-state index is -1.74. The van der Waals surface area contributed by atoms with Crippen LogP contribution in [0.1, 0.15) is 63.6 Å². The molecule has 5 heteroatoms. The minimum Gasteiger partial charge on any atom is -1.00 e. The summed E-state index contributed by atoms with van der Waals surface area (Å²) in [5.41, 5.74) is 6.33. The maximum Gasteiger partial charge on any atom is -1.00 e. The molecule has 156 valence electrons. The summed E-state index contributed by atoms with van der Waals surface area (Å²) in [5, 5.41) is 3.44. The van der Waals surface area contributed by atoms with Gasteiger partial charge in [-0.15, -0.1) is 0 Å². The molecule has 1 atom stereocenters. The van der Waals surface area contributed by atoms with Crippen LogP contribution in [0.4, 0.5) is 0 Å². The number of halogens is 3. The van der Waals surface area contributed by atoms with Crippen molar-refractivity contribution in [3.63, 3.8) is 0 Å². The molecule has 0 nitrogen and oxygen atoms in total. The summed E-state index contributed by atoms with van der Waals surface area (Å²) in [5.74, 6) is 0. The van der Waals surface area contributed by atoms with Crippen molar-refractivity contribution in [1.82, 2.24) is 0 Å². The van der Waals surface area contributed by atoms with Crippen molar-refractivity contribution in [2.75, 3.05) is 0 Å². The maximum absolute atomic E-state index is 2.64. The molecule has 0 spiro atoms. The fourth-order valence-corrected chi connectivity index (χ4v) is 11.4. The van der Waals surface area contributed by atoms with Crippen LogP contribution in [-0.4, -0.2) is 8.07 Å². The molecule has 0 aromatic heterocycles. The summed E-state index contributed by atoms with van der Waals surface area (Å²) >= 11 is 2.35. The number of allylic oxidation sites excluding steroid dienone is 4. The Morgan fingerprint density at radius 2 is 1.50 bits per heavy atom. The van der Waals surface area contributed by atoms with Crippen molar-refractivity contribution in [1.29, 1.82) is 0 Å². The van der Waals surface area contributed by atoms with E-state index in [2.05, 4.69) is 93.7 Å². The number of hydrogen-bond acceptors (Lipinski definition) is 0. The van der Waals surface area contributed by atoms with Gasteiger partial charge in [-0.3, -0.25) is 0 Å². The number of unbranched alkanes of at least 4 members (excludes halogenated alkanes) is 1. The van der Waals surface area contributed by atoms with E-state index in [1.165, 1.54) is 35.6 Å². The van der Waals surface area contributed by atoms with E-state index in [1.54, 1.807) is 19.8 Å². The summed E-state index contributed by atoms with van der Waals surface area (Å²) in [4.78, 5) is 0. The third-order valence-corrected chi connectivity index (χ3v) is 11.3. The molecule has 0 bridgehead atoms. The molecule has 0 amide bonds. The van der Waals surface area contributed by atoms with Gasteiger partial charge in [0.1, 0.15) is 0 Å². The van der Waals surface area contributed by atoms with Gasteiger partial charge in [0.05, 0.1) is 0 Å². The van der Waals surface area contributed by atoms with Crippen molar-refractivity contribution in [3.8, 4) is 0 Å². The van der Waals surface area contributed by atoms with Crippen LogP contribution in [-0.2, 0) is 20.4 Å². The third kappa shape index (κ3) is 6.25. The van der Waals surface area contributed by atoms with Gasteiger partial charge < -0.3 is 37.2 Å². The summed E-state index contributed by atoms with van der Waals surface area (Å²) in [6, 6.07) is 6.18. The van der Waals surface area contributed by atoms with Crippen molar-refractivity contribution in [2.45, 2.75) is 80.3 Å². The van der Waals surface area contributed by atoms with E-state index in [9.17, 15) is 0 Å². The van der Waals surface area contributed by atoms with E-state index in [0.29, 0.717) is 0 Å². The van der Waals surface area contributed by atoms with E-state index < -0.39 is 8.07 Å². The maximum atomic E-state index is 2.64. The van der Waals surface area contributed by atoms with E-state index in [1.807, 2.05) is 0 Å². The Labute approximate surface area is 205 Å². The molecule has 0 fully saturated rings. The van der Waals surface area contributed by atoms with Gasteiger partial charge in [-0.25, -0.2) is 0 Å². The molecule has 1 aliphatic carbocycles. The first-order valence-corrected chi connectivity index (χ1v) is 13.3. The SMILES string of the molecule is CCCC[Si](C)(C1=CC[C]([Ti+3])=C1C(C)(C)C)c1c(C)cc(C)cc1C.[Cl-].[Cl-].[Cl-]. The van der Waals surface area contributed by atoms with Crippen LogP contribution < -0.4 is 42.4 Å². The van der Waals surface area contributed by atoms with E-state index in [0.717, 1.165) is 6.42 Å². The van der Waals surface area contributed by atoms with Crippen molar-refractivity contribution < 1.29 is 57.7 Å². The summed E-state index contributed by atoms with van der Waals surface area (Å²) < 4.78 is 1.60. The molecule has 0 radical (unpaired) electrons. The normalized spacial score (nSPS) is 15.9. The van der Waals surface area contributed by atoms with Crippen LogP contribution in [0.2, 0.25) is 12.6 Å². The number of aryl methyl sites for hydroxylation is 3. The first-order chi connectivity index (χ1) is 11.5. The molecule has 28 heavy (non-hydrogen) atoms. The van der Waals surface area contributed by atoms with Gasteiger partial charge in [-0.2, -0.15) is 0 Å². The molecule has 2 rings (SSSR count). The first-order valence-electron chi connectivity index (χ1n) is 9.77. The van der Waals surface area contributed by atoms with Gasteiger partial charge in [-0.05, 0) is 0 Å². The second kappa shape index (κ2) is 11.8. The van der Waals surface area contributed by atoms with Crippen LogP contribution in [0.3, 0.4) is 0 Å². The number of hydrogen-bond donors (Lipinski definition) is 0. The fraction of sp³-hybridized carbons (Fsp3) is 0.565. The summed E-state index contributed by atoms with van der Waals surface area (Å²) in [6.07, 6.45) is 6.37. The van der Waals surface area contributed by atoms with Crippen molar-refractivity contribution >= 4 is 13.3 Å². The van der Waals surface area contributed by atoms with E-state index >= 15 is 0 Å². The van der Waals surface area contributed by atoms with Gasteiger partial charge >= 0.3 is 169 Å². The molecule has 0 saturated carbocycles. The molecular weight excluding hydrogens is 459 g/mol. The molecule has 0 heterocycles. The molecule has 1 aliphatic rings. The number of benzene rings is 1. The Balaban J connectivity index is 0. The Morgan fingerprint density at radius 1 is 1.00 bits per heavy atom. The summed E-state index contributed by atoms with van der Waals surface area (Å²) in [6.45, 7) is 19.1. The van der Waals surface area contributed by atoms with Gasteiger partial charge in [0.2, 0.25) is 0 Å². The molecule has 1 aromatic rings. The Hall–Kier alpha value is 0.501. The van der Waals surface area contributed by atoms with Crippen LogP contribution in [0, 0.1) is 26.2 Å². The smallest absolute Gasteiger partial charge is 1.00 e. The van der Waals surface area contributed by atoms with Crippen LogP contribution >= 0.6 is 0 Å². The van der Waals surface area contributed by atoms with Crippen LogP contribution in [0.15, 0.2) is 32.9 Å². The van der Waals surface area contributed by atoms with Gasteiger partial charge in [0, 0.05) is 0 Å². The van der Waals surface area contributed by atoms with Crippen LogP contribution in [0.5, 0.6) is 0 Å². The molecule has 1 unspecified atom stereocenters. The van der Waals surface area contributed by atoms with Crippen molar-refractivity contribution in [2.24, 2.45) is 5.41 Å². The molecule has 0 N–H and O–H groups in total. The Kier molecular flexibility index (Phi) is 12.9. The van der Waals surface area contributed by atoms with Gasteiger partial charge in [-0.1, -0.05) is 0 Å². The fourth-order valence-electron chi connectivity index (χ4n) is 4.90. The Morgan fingerprint density at radius 3 is 1.93 bits per heavy atom. The monoisotopic (exact) mass is 492 g/mol. The first kappa shape index (κ1) is 30.7. The predicted molar refractivity (Wildman–Crippen MR) is 111 cm³/mol. The second-order valence-corrected chi connectivity index (χ2v) is 14.3. The predicted octanol–water partition coefficient (Wildman–Crippen LogP) is -2.57. The van der Waals surface area contributed by atoms with Gasteiger partial charge in [0.15, 0.2) is 0 Å². The van der Waals surface area contributed by atoms with E-state index in [4.69, 9.17) is 0 Å². The summed E-state index contributed by atoms with van der Waals surface area (Å²) in [7, 11) is -1.74. The molecular formula is C23H35Cl3SiTi. The quantitative estimate of drug-likeness (QED) is 0.396. The minimum absolute atomic E-state index is 0. The van der Waals surface area contributed by atoms with Gasteiger partial charge in [0.25, 0.3) is 0 Å². The average molecular weight is 494 g/mol. The zero-order valence-corrected chi connectivity index (χ0v) is 23.5. The molecule has 1 aromatic carbocycles. The topological polar surface area (TPSA) is 0 Å². The third-order valence-electron chi connectivity index (χ3n) is 5.69. The van der Waals surface area contributed by atoms with Crippen molar-refractivity contribution in [3.05, 3.63) is 49.5 Å². The second-order valence-electron chi connectivity index (χ2n) is 9.13. The zero-order valence-electron chi connectivity index (χ0n) is 18.7. The molecule has 0 aliphatic heterocycles. The zero-order chi connectivity index (χ0) is 19.0. The standard InChI is InChI=1S/C23H35Si.3ClH.Ti/c1-9-10-14-24(8,21-13-11-12-20(21)23(5,6)7)22-18(3)15-17(2)16-19(22)4;;;;/h13,15-16H,9-11,14H2,1-8H3;3*1H;/q;;;;+3/p-3. The van der Waals surface area contributed by atoms with E-state index in [-0.39, 0.29) is 42.6 Å². The number of rotatable bonds is 5. The Bertz CT molecular complexity index is 709.